The highest BCUT2D eigenvalue weighted by atomic mass is 32.1. The van der Waals surface area contributed by atoms with Gasteiger partial charge in [-0.2, -0.15) is 0 Å². The fourth-order valence-electron chi connectivity index (χ4n) is 3.34. The van der Waals surface area contributed by atoms with Crippen molar-refractivity contribution in [3.05, 3.63) is 29.3 Å². The zero-order valence-electron chi connectivity index (χ0n) is 13.4. The van der Waals surface area contributed by atoms with Crippen molar-refractivity contribution in [1.82, 2.24) is 9.88 Å². The molecule has 1 N–H and O–H groups in total. The molecule has 4 nitrogen and oxygen atoms in total. The Morgan fingerprint density at radius 1 is 1.35 bits per heavy atom. The lowest BCUT2D eigenvalue weighted by molar-refractivity contribution is -0.135. The van der Waals surface area contributed by atoms with Gasteiger partial charge in [-0.3, -0.25) is 4.79 Å². The predicted molar refractivity (Wildman–Crippen MR) is 93.6 cm³/mol. The number of carbonyl (C=O) groups excluding carboxylic acids is 1. The van der Waals surface area contributed by atoms with Gasteiger partial charge in [0.2, 0.25) is 5.91 Å². The summed E-state index contributed by atoms with van der Waals surface area (Å²) in [6.45, 7) is 1.02. The van der Waals surface area contributed by atoms with E-state index in [0.29, 0.717) is 12.8 Å². The molecule has 0 bridgehead atoms. The number of hydrogen-bond acceptors (Lipinski definition) is 4. The molecule has 3 rings (SSSR count). The molecule has 1 aliphatic rings. The third kappa shape index (κ3) is 4.09. The summed E-state index contributed by atoms with van der Waals surface area (Å²) in [4.78, 5) is 19.1. The zero-order valence-corrected chi connectivity index (χ0v) is 14.2. The average molecular weight is 332 g/mol. The highest BCUT2D eigenvalue weighted by Crippen LogP contribution is 2.24. The minimum absolute atomic E-state index is 0.167. The molecule has 23 heavy (non-hydrogen) atoms. The molecule has 124 valence electrons. The van der Waals surface area contributed by atoms with Crippen molar-refractivity contribution in [2.24, 2.45) is 0 Å². The molecule has 1 aromatic heterocycles. The van der Waals surface area contributed by atoms with E-state index in [1.54, 1.807) is 11.3 Å². The molecule has 1 aromatic carbocycles. The van der Waals surface area contributed by atoms with E-state index in [9.17, 15) is 4.79 Å². The van der Waals surface area contributed by atoms with Crippen LogP contribution >= 0.6 is 11.3 Å². The van der Waals surface area contributed by atoms with Crippen LogP contribution in [0.4, 0.5) is 0 Å². The maximum absolute atomic E-state index is 12.5. The molecule has 1 fully saturated rings. The van der Waals surface area contributed by atoms with E-state index in [2.05, 4.69) is 11.1 Å². The normalized spacial score (nSPS) is 18.5. The van der Waals surface area contributed by atoms with Crippen molar-refractivity contribution in [1.29, 1.82) is 0 Å². The third-order valence-corrected chi connectivity index (χ3v) is 5.63. The first-order chi connectivity index (χ1) is 11.3. The summed E-state index contributed by atoms with van der Waals surface area (Å²) in [6, 6.07) is 8.41. The van der Waals surface area contributed by atoms with E-state index in [1.165, 1.54) is 11.1 Å². The van der Waals surface area contributed by atoms with Gasteiger partial charge in [0.15, 0.2) is 0 Å². The molecular formula is C18H24N2O2S. The first kappa shape index (κ1) is 16.4. The minimum Gasteiger partial charge on any atom is -0.396 e. The van der Waals surface area contributed by atoms with Gasteiger partial charge >= 0.3 is 0 Å². The number of aryl methyl sites for hydroxylation is 1. The number of amides is 1. The number of benzene rings is 1. The van der Waals surface area contributed by atoms with E-state index < -0.39 is 0 Å². The largest absolute Gasteiger partial charge is 0.396 e. The SMILES string of the molecule is O=C(CCCc1nc2ccccc2s1)N1CCCCC1CCO. The molecule has 5 heteroatoms. The van der Waals surface area contributed by atoms with Crippen molar-refractivity contribution in [3.63, 3.8) is 0 Å². The van der Waals surface area contributed by atoms with Crippen LogP contribution in [0.1, 0.15) is 43.5 Å². The number of likely N-dealkylation sites (tertiary alicyclic amines) is 1. The summed E-state index contributed by atoms with van der Waals surface area (Å²) < 4.78 is 1.22. The molecule has 0 radical (unpaired) electrons. The van der Waals surface area contributed by atoms with Crippen LogP contribution in [0.3, 0.4) is 0 Å². The Kier molecular flexibility index (Phi) is 5.62. The van der Waals surface area contributed by atoms with Crippen molar-refractivity contribution in [2.75, 3.05) is 13.2 Å². The van der Waals surface area contributed by atoms with Gasteiger partial charge in [-0.15, -0.1) is 11.3 Å². The minimum atomic E-state index is 0.167. The summed E-state index contributed by atoms with van der Waals surface area (Å²) >= 11 is 1.72. The van der Waals surface area contributed by atoms with Crippen LogP contribution in [0.2, 0.25) is 0 Å². The maximum Gasteiger partial charge on any atom is 0.222 e. The zero-order chi connectivity index (χ0) is 16.1. The van der Waals surface area contributed by atoms with Crippen LogP contribution in [0.5, 0.6) is 0 Å². The number of piperidine rings is 1. The van der Waals surface area contributed by atoms with Crippen LogP contribution in [-0.4, -0.2) is 40.1 Å². The van der Waals surface area contributed by atoms with Crippen molar-refractivity contribution in [2.45, 2.75) is 51.0 Å². The number of aliphatic hydroxyl groups excluding tert-OH is 1. The topological polar surface area (TPSA) is 53.4 Å². The third-order valence-electron chi connectivity index (χ3n) is 4.53. The van der Waals surface area contributed by atoms with Gasteiger partial charge in [-0.25, -0.2) is 4.98 Å². The Labute approximate surface area is 141 Å². The van der Waals surface area contributed by atoms with Crippen LogP contribution < -0.4 is 0 Å². The second-order valence-corrected chi connectivity index (χ2v) is 7.29. The number of nitrogens with zero attached hydrogens (tertiary/aromatic N) is 2. The Bertz CT molecular complexity index is 620. The molecule has 1 saturated heterocycles. The van der Waals surface area contributed by atoms with Gasteiger partial charge in [-0.1, -0.05) is 12.1 Å². The maximum atomic E-state index is 12.5. The Morgan fingerprint density at radius 2 is 2.22 bits per heavy atom. The summed E-state index contributed by atoms with van der Waals surface area (Å²) in [5.74, 6) is 0.240. The van der Waals surface area contributed by atoms with Crippen molar-refractivity contribution in [3.8, 4) is 0 Å². The van der Waals surface area contributed by atoms with Gasteiger partial charge < -0.3 is 10.0 Å². The van der Waals surface area contributed by atoms with Crippen LogP contribution in [-0.2, 0) is 11.2 Å². The molecule has 2 heterocycles. The number of hydrogen-bond donors (Lipinski definition) is 1. The lowest BCUT2D eigenvalue weighted by Crippen LogP contribution is -2.44. The van der Waals surface area contributed by atoms with Crippen molar-refractivity contribution < 1.29 is 9.90 Å². The van der Waals surface area contributed by atoms with Crippen LogP contribution in [0, 0.1) is 0 Å². The highest BCUT2D eigenvalue weighted by molar-refractivity contribution is 7.18. The number of aromatic nitrogens is 1. The summed E-state index contributed by atoms with van der Waals surface area (Å²) in [5.41, 5.74) is 1.05. The number of thiazole rings is 1. The highest BCUT2D eigenvalue weighted by Gasteiger charge is 2.25. The lowest BCUT2D eigenvalue weighted by Gasteiger charge is -2.35. The predicted octanol–water partition coefficient (Wildman–Crippen LogP) is 3.38. The van der Waals surface area contributed by atoms with Gasteiger partial charge in [0.1, 0.15) is 0 Å². The second-order valence-electron chi connectivity index (χ2n) is 6.18. The number of para-hydroxylation sites is 1. The standard InChI is InChI=1S/C18H24N2O2S/c21-13-11-14-6-3-4-12-20(14)18(22)10-5-9-17-19-15-7-1-2-8-16(15)23-17/h1-2,7-8,14,21H,3-6,9-13H2. The Balaban J connectivity index is 1.52. The van der Waals surface area contributed by atoms with E-state index >= 15 is 0 Å². The van der Waals surface area contributed by atoms with Gasteiger partial charge in [0.05, 0.1) is 15.2 Å². The fraction of sp³-hybridized carbons (Fsp3) is 0.556. The fourth-order valence-corrected chi connectivity index (χ4v) is 4.35. The summed E-state index contributed by atoms with van der Waals surface area (Å²) in [6.07, 6.45) is 6.29. The molecule has 1 atom stereocenters. The van der Waals surface area contributed by atoms with Gasteiger partial charge in [-0.05, 0) is 50.7 Å². The quantitative estimate of drug-likeness (QED) is 0.882. The first-order valence-corrected chi connectivity index (χ1v) is 9.34. The monoisotopic (exact) mass is 332 g/mol. The molecule has 1 aliphatic heterocycles. The molecule has 2 aromatic rings. The van der Waals surface area contributed by atoms with Crippen LogP contribution in [0.25, 0.3) is 10.2 Å². The smallest absolute Gasteiger partial charge is 0.222 e. The number of aliphatic hydroxyl groups is 1. The Hall–Kier alpha value is -1.46. The van der Waals surface area contributed by atoms with Crippen LogP contribution in [0.15, 0.2) is 24.3 Å². The molecule has 1 amide bonds. The van der Waals surface area contributed by atoms with E-state index in [4.69, 9.17) is 5.11 Å². The van der Waals surface area contributed by atoms with E-state index in [-0.39, 0.29) is 18.6 Å². The summed E-state index contributed by atoms with van der Waals surface area (Å²) in [7, 11) is 0. The van der Waals surface area contributed by atoms with E-state index in [1.807, 2.05) is 23.1 Å². The Morgan fingerprint density at radius 3 is 3.04 bits per heavy atom. The molecule has 1 unspecified atom stereocenters. The van der Waals surface area contributed by atoms with Gasteiger partial charge in [0.25, 0.3) is 0 Å². The second kappa shape index (κ2) is 7.88. The lowest BCUT2D eigenvalue weighted by atomic mass is 9.99. The average Bonchev–Trinajstić information content (AvgIpc) is 2.98. The molecule has 0 aliphatic carbocycles. The molecular weight excluding hydrogens is 308 g/mol. The van der Waals surface area contributed by atoms with Crippen molar-refractivity contribution >= 4 is 27.5 Å². The molecule has 0 spiro atoms. The number of rotatable bonds is 6. The number of fused-ring (bicyclic) bond motifs is 1. The first-order valence-electron chi connectivity index (χ1n) is 8.52. The number of carbonyl (C=O) groups is 1. The molecule has 0 saturated carbocycles. The summed E-state index contributed by atoms with van der Waals surface area (Å²) in [5, 5.41) is 10.3. The van der Waals surface area contributed by atoms with Gasteiger partial charge in [0, 0.05) is 25.6 Å². The van der Waals surface area contributed by atoms with E-state index in [0.717, 1.165) is 42.8 Å².